The topological polar surface area (TPSA) is 74.4 Å². The minimum Gasteiger partial charge on any atom is -0.497 e. The number of fused-ring (bicyclic) bond motifs is 1. The number of methoxy groups -OCH3 is 2. The maximum atomic E-state index is 11.4. The molecule has 2 N–H and O–H groups in total. The van der Waals surface area contributed by atoms with Crippen molar-refractivity contribution in [3.05, 3.63) is 29.8 Å². The van der Waals surface area contributed by atoms with E-state index in [-0.39, 0.29) is 11.4 Å². The minimum atomic E-state index is -0.493. The number of aromatic nitrogens is 1. The molecule has 0 amide bonds. The normalized spacial score (nSPS) is 10.2. The van der Waals surface area contributed by atoms with Crippen LogP contribution in [0.25, 0.3) is 10.9 Å². The van der Waals surface area contributed by atoms with Gasteiger partial charge in [-0.1, -0.05) is 0 Å². The summed E-state index contributed by atoms with van der Waals surface area (Å²) in [7, 11) is 2.88. The number of pyridine rings is 1. The van der Waals surface area contributed by atoms with Crippen molar-refractivity contribution in [2.24, 2.45) is 0 Å². The van der Waals surface area contributed by atoms with Crippen molar-refractivity contribution < 1.29 is 14.3 Å². The monoisotopic (exact) mass is 232 g/mol. The Balaban J connectivity index is 2.62. The molecule has 0 saturated heterocycles. The molecular formula is C12H12N2O3. The van der Waals surface area contributed by atoms with Crippen LogP contribution in [0, 0.1) is 0 Å². The highest BCUT2D eigenvalue weighted by molar-refractivity contribution is 5.98. The van der Waals surface area contributed by atoms with E-state index in [9.17, 15) is 4.79 Å². The standard InChI is InChI=1S/C12H12N2O3/c1-16-8-4-3-7-5-9(12(15)17-2)11(13)14-10(7)6-8/h3-6H,1-2H3,(H2,13,14). The van der Waals surface area contributed by atoms with E-state index in [2.05, 4.69) is 9.72 Å². The summed E-state index contributed by atoms with van der Waals surface area (Å²) < 4.78 is 9.72. The maximum absolute atomic E-state index is 11.4. The molecule has 0 radical (unpaired) electrons. The number of esters is 1. The first kappa shape index (κ1) is 11.2. The van der Waals surface area contributed by atoms with Crippen LogP contribution in [0.15, 0.2) is 24.3 Å². The summed E-state index contributed by atoms with van der Waals surface area (Å²) in [6, 6.07) is 7.02. The van der Waals surface area contributed by atoms with Crippen molar-refractivity contribution in [1.82, 2.24) is 4.98 Å². The summed E-state index contributed by atoms with van der Waals surface area (Å²) in [6.07, 6.45) is 0. The third-order valence-electron chi connectivity index (χ3n) is 2.46. The van der Waals surface area contributed by atoms with Gasteiger partial charge in [-0.15, -0.1) is 0 Å². The number of hydrogen-bond donors (Lipinski definition) is 1. The third kappa shape index (κ3) is 1.99. The van der Waals surface area contributed by atoms with Crippen LogP contribution in [-0.4, -0.2) is 25.2 Å². The predicted octanol–water partition coefficient (Wildman–Crippen LogP) is 1.61. The quantitative estimate of drug-likeness (QED) is 0.796. The number of hydrogen-bond acceptors (Lipinski definition) is 5. The Morgan fingerprint density at radius 3 is 2.71 bits per heavy atom. The number of benzene rings is 1. The van der Waals surface area contributed by atoms with Crippen LogP contribution in [-0.2, 0) is 4.74 Å². The van der Waals surface area contributed by atoms with E-state index in [0.717, 1.165) is 5.39 Å². The number of carbonyl (C=O) groups is 1. The lowest BCUT2D eigenvalue weighted by molar-refractivity contribution is 0.0602. The lowest BCUT2D eigenvalue weighted by atomic mass is 10.1. The lowest BCUT2D eigenvalue weighted by Gasteiger charge is -2.06. The first-order chi connectivity index (χ1) is 8.15. The first-order valence-electron chi connectivity index (χ1n) is 4.98. The second kappa shape index (κ2) is 4.29. The fourth-order valence-electron chi connectivity index (χ4n) is 1.56. The van der Waals surface area contributed by atoms with Crippen molar-refractivity contribution in [1.29, 1.82) is 0 Å². The molecule has 0 spiro atoms. The molecule has 0 atom stereocenters. The van der Waals surface area contributed by atoms with Gasteiger partial charge in [0.2, 0.25) is 0 Å². The molecule has 0 aliphatic heterocycles. The second-order valence-corrected chi connectivity index (χ2v) is 3.47. The molecule has 2 rings (SSSR count). The van der Waals surface area contributed by atoms with E-state index in [1.807, 2.05) is 6.07 Å². The zero-order valence-electron chi connectivity index (χ0n) is 9.56. The number of rotatable bonds is 2. The van der Waals surface area contributed by atoms with Crippen LogP contribution in [0.5, 0.6) is 5.75 Å². The van der Waals surface area contributed by atoms with Gasteiger partial charge in [-0.3, -0.25) is 0 Å². The first-order valence-corrected chi connectivity index (χ1v) is 4.98. The average molecular weight is 232 g/mol. The van der Waals surface area contributed by atoms with E-state index in [1.54, 1.807) is 25.3 Å². The highest BCUT2D eigenvalue weighted by Gasteiger charge is 2.12. The van der Waals surface area contributed by atoms with Crippen molar-refractivity contribution in [3.63, 3.8) is 0 Å². The molecule has 0 bridgehead atoms. The molecule has 1 aromatic heterocycles. The van der Waals surface area contributed by atoms with Gasteiger partial charge in [-0.05, 0) is 18.2 Å². The molecule has 5 heteroatoms. The Labute approximate surface area is 98.2 Å². The molecule has 0 aliphatic rings. The molecule has 1 heterocycles. The highest BCUT2D eigenvalue weighted by atomic mass is 16.5. The summed E-state index contributed by atoms with van der Waals surface area (Å²) in [4.78, 5) is 15.6. The molecule has 0 unspecified atom stereocenters. The fraction of sp³-hybridized carbons (Fsp3) is 0.167. The van der Waals surface area contributed by atoms with Gasteiger partial charge in [-0.25, -0.2) is 9.78 Å². The number of nitrogens with zero attached hydrogens (tertiary/aromatic N) is 1. The van der Waals surface area contributed by atoms with Crippen LogP contribution in [0.4, 0.5) is 5.82 Å². The average Bonchev–Trinajstić information content (AvgIpc) is 2.36. The Kier molecular flexibility index (Phi) is 2.82. The minimum absolute atomic E-state index is 0.151. The maximum Gasteiger partial charge on any atom is 0.341 e. The predicted molar refractivity (Wildman–Crippen MR) is 64.0 cm³/mol. The van der Waals surface area contributed by atoms with Gasteiger partial charge in [0.05, 0.1) is 19.7 Å². The SMILES string of the molecule is COC(=O)c1cc2ccc(OC)cc2nc1N. The zero-order valence-corrected chi connectivity index (χ0v) is 9.56. The van der Waals surface area contributed by atoms with E-state index in [4.69, 9.17) is 10.5 Å². The van der Waals surface area contributed by atoms with Crippen molar-refractivity contribution in [3.8, 4) is 5.75 Å². The van der Waals surface area contributed by atoms with Crippen LogP contribution >= 0.6 is 0 Å². The van der Waals surface area contributed by atoms with Gasteiger partial charge in [0.15, 0.2) is 0 Å². The van der Waals surface area contributed by atoms with Crippen LogP contribution in [0.1, 0.15) is 10.4 Å². The number of carbonyl (C=O) groups excluding carboxylic acids is 1. The molecule has 0 fully saturated rings. The zero-order chi connectivity index (χ0) is 12.4. The fourth-order valence-corrected chi connectivity index (χ4v) is 1.56. The van der Waals surface area contributed by atoms with Crippen LogP contribution in [0.3, 0.4) is 0 Å². The summed E-state index contributed by atoms with van der Waals surface area (Å²) in [5.74, 6) is 0.348. The highest BCUT2D eigenvalue weighted by Crippen LogP contribution is 2.23. The Hall–Kier alpha value is -2.30. The second-order valence-electron chi connectivity index (χ2n) is 3.47. The number of ether oxygens (including phenoxy) is 2. The summed E-state index contributed by atoms with van der Waals surface area (Å²) in [5.41, 5.74) is 6.65. The van der Waals surface area contributed by atoms with E-state index < -0.39 is 5.97 Å². The molecule has 2 aromatic rings. The van der Waals surface area contributed by atoms with Crippen LogP contribution < -0.4 is 10.5 Å². The van der Waals surface area contributed by atoms with E-state index >= 15 is 0 Å². The van der Waals surface area contributed by atoms with Crippen molar-refractivity contribution in [2.75, 3.05) is 20.0 Å². The van der Waals surface area contributed by atoms with Crippen molar-refractivity contribution in [2.45, 2.75) is 0 Å². The van der Waals surface area contributed by atoms with Gasteiger partial charge < -0.3 is 15.2 Å². The summed E-state index contributed by atoms with van der Waals surface area (Å²) in [6.45, 7) is 0. The third-order valence-corrected chi connectivity index (χ3v) is 2.46. The van der Waals surface area contributed by atoms with E-state index in [1.165, 1.54) is 7.11 Å². The van der Waals surface area contributed by atoms with Gasteiger partial charge in [0.25, 0.3) is 0 Å². The van der Waals surface area contributed by atoms with Crippen molar-refractivity contribution >= 4 is 22.7 Å². The van der Waals surface area contributed by atoms with Gasteiger partial charge in [0, 0.05) is 11.5 Å². The summed E-state index contributed by atoms with van der Waals surface area (Å²) in [5, 5.41) is 0.806. The molecular weight excluding hydrogens is 220 g/mol. The Morgan fingerprint density at radius 2 is 2.06 bits per heavy atom. The van der Waals surface area contributed by atoms with Crippen LogP contribution in [0.2, 0.25) is 0 Å². The van der Waals surface area contributed by atoms with E-state index in [0.29, 0.717) is 11.3 Å². The molecule has 17 heavy (non-hydrogen) atoms. The van der Waals surface area contributed by atoms with Gasteiger partial charge in [-0.2, -0.15) is 0 Å². The molecule has 1 aromatic carbocycles. The molecule has 5 nitrogen and oxygen atoms in total. The Morgan fingerprint density at radius 1 is 1.29 bits per heavy atom. The smallest absolute Gasteiger partial charge is 0.341 e. The number of nitrogen functional groups attached to an aromatic ring is 1. The van der Waals surface area contributed by atoms with Gasteiger partial charge in [0.1, 0.15) is 17.1 Å². The summed E-state index contributed by atoms with van der Waals surface area (Å²) >= 11 is 0. The molecule has 88 valence electrons. The molecule has 0 saturated carbocycles. The molecule has 0 aliphatic carbocycles. The largest absolute Gasteiger partial charge is 0.497 e. The lowest BCUT2D eigenvalue weighted by Crippen LogP contribution is -2.07. The number of anilines is 1. The number of nitrogens with two attached hydrogens (primary N) is 1. The van der Waals surface area contributed by atoms with Gasteiger partial charge >= 0.3 is 5.97 Å². The Bertz CT molecular complexity index is 581.